The number of nitrogens with one attached hydrogen (secondary N) is 1. The molecule has 1 aromatic rings. The predicted octanol–water partition coefficient (Wildman–Crippen LogP) is -0.158. The Kier molecular flexibility index (Phi) is 5.29. The second-order valence-electron chi connectivity index (χ2n) is 3.73. The molecule has 0 aliphatic heterocycles. The van der Waals surface area contributed by atoms with Crippen LogP contribution < -0.4 is 4.72 Å². The molecule has 0 spiro atoms. The van der Waals surface area contributed by atoms with Crippen LogP contribution in [0, 0.1) is 0 Å². The normalized spacial score (nSPS) is 13.4. The number of halogens is 1. The molecule has 1 aromatic heterocycles. The van der Waals surface area contributed by atoms with Gasteiger partial charge in [0.15, 0.2) is 5.03 Å². The number of hydrogen-bond donors (Lipinski definition) is 2. The summed E-state index contributed by atoms with van der Waals surface area (Å²) in [7, 11) is -1.13. The summed E-state index contributed by atoms with van der Waals surface area (Å²) in [6.45, 7) is -0.174. The molecule has 0 saturated heterocycles. The van der Waals surface area contributed by atoms with Gasteiger partial charge in [0.05, 0.1) is 23.7 Å². The van der Waals surface area contributed by atoms with E-state index in [1.54, 1.807) is 0 Å². The zero-order chi connectivity index (χ0) is 14.6. The average Bonchev–Trinajstić information content (AvgIpc) is 2.64. The number of sulfonamides is 1. The highest BCUT2D eigenvalue weighted by molar-refractivity contribution is 7.89. The number of rotatable bonds is 7. The first-order chi connectivity index (χ1) is 8.77. The summed E-state index contributed by atoms with van der Waals surface area (Å²) in [5.74, 6) is -1.08. The molecular formula is C9H14ClN3O5S. The number of nitrogens with zero attached hydrogens (tertiary/aromatic N) is 2. The molecule has 0 aromatic carbocycles. The number of hydrogen-bond acceptors (Lipinski definition) is 5. The van der Waals surface area contributed by atoms with Crippen molar-refractivity contribution in [1.29, 1.82) is 0 Å². The van der Waals surface area contributed by atoms with Crippen LogP contribution in [0.2, 0.25) is 5.02 Å². The Morgan fingerprint density at radius 2 is 2.32 bits per heavy atom. The van der Waals surface area contributed by atoms with Crippen LogP contribution in [0.3, 0.4) is 0 Å². The number of carboxylic acids is 1. The van der Waals surface area contributed by atoms with E-state index in [4.69, 9.17) is 21.4 Å². The fourth-order valence-corrected chi connectivity index (χ4v) is 3.12. The molecule has 0 amide bonds. The van der Waals surface area contributed by atoms with E-state index in [-0.39, 0.29) is 23.0 Å². The summed E-state index contributed by atoms with van der Waals surface area (Å²) < 4.78 is 32.2. The Balaban J connectivity index is 2.78. The van der Waals surface area contributed by atoms with Crippen LogP contribution in [0.1, 0.15) is 6.42 Å². The lowest BCUT2D eigenvalue weighted by Crippen LogP contribution is -2.35. The minimum Gasteiger partial charge on any atom is -0.481 e. The lowest BCUT2D eigenvalue weighted by atomic mass is 10.2. The van der Waals surface area contributed by atoms with Gasteiger partial charge in [-0.05, 0) is 0 Å². The Labute approximate surface area is 115 Å². The monoisotopic (exact) mass is 311 g/mol. The highest BCUT2D eigenvalue weighted by Crippen LogP contribution is 2.19. The second kappa shape index (κ2) is 6.33. The summed E-state index contributed by atoms with van der Waals surface area (Å²) in [4.78, 5) is 10.5. The van der Waals surface area contributed by atoms with E-state index in [9.17, 15) is 13.2 Å². The number of carbonyl (C=O) groups is 1. The lowest BCUT2D eigenvalue weighted by Gasteiger charge is -2.14. The van der Waals surface area contributed by atoms with E-state index in [1.165, 1.54) is 20.4 Å². The maximum absolute atomic E-state index is 12.0. The molecule has 10 heteroatoms. The summed E-state index contributed by atoms with van der Waals surface area (Å²) >= 11 is 5.74. The minimum absolute atomic E-state index is 0.0119. The lowest BCUT2D eigenvalue weighted by molar-refractivity contribution is -0.139. The number of aryl methyl sites for hydroxylation is 1. The highest BCUT2D eigenvalue weighted by atomic mass is 35.5. The largest absolute Gasteiger partial charge is 0.481 e. The first-order valence-electron chi connectivity index (χ1n) is 5.19. The van der Waals surface area contributed by atoms with Crippen molar-refractivity contribution in [2.45, 2.75) is 17.6 Å². The van der Waals surface area contributed by atoms with E-state index in [2.05, 4.69) is 9.82 Å². The van der Waals surface area contributed by atoms with Gasteiger partial charge in [-0.1, -0.05) is 11.6 Å². The smallest absolute Gasteiger partial charge is 0.306 e. The van der Waals surface area contributed by atoms with Gasteiger partial charge >= 0.3 is 5.97 Å². The first kappa shape index (κ1) is 15.9. The molecule has 1 atom stereocenters. The Bertz CT molecular complexity index is 537. The molecule has 1 heterocycles. The van der Waals surface area contributed by atoms with Crippen LogP contribution >= 0.6 is 11.6 Å². The van der Waals surface area contributed by atoms with Crippen molar-refractivity contribution < 1.29 is 23.1 Å². The molecule has 0 aliphatic rings. The first-order valence-corrected chi connectivity index (χ1v) is 7.05. The van der Waals surface area contributed by atoms with Gasteiger partial charge in [0.2, 0.25) is 0 Å². The van der Waals surface area contributed by atoms with Crippen molar-refractivity contribution in [3.8, 4) is 0 Å². The molecule has 8 nitrogen and oxygen atoms in total. The maximum atomic E-state index is 12.0. The number of aromatic nitrogens is 2. The molecule has 2 N–H and O–H groups in total. The van der Waals surface area contributed by atoms with Gasteiger partial charge < -0.3 is 9.84 Å². The van der Waals surface area contributed by atoms with E-state index < -0.39 is 22.1 Å². The molecule has 0 aliphatic carbocycles. The summed E-state index contributed by atoms with van der Waals surface area (Å²) in [6.07, 6.45) is 0.138. The van der Waals surface area contributed by atoms with Gasteiger partial charge in [0.1, 0.15) is 0 Å². The van der Waals surface area contributed by atoms with Crippen molar-refractivity contribution >= 4 is 27.6 Å². The maximum Gasteiger partial charge on any atom is 0.306 e. The van der Waals surface area contributed by atoms with Gasteiger partial charge in [-0.25, -0.2) is 13.1 Å². The highest BCUT2D eigenvalue weighted by Gasteiger charge is 2.24. The van der Waals surface area contributed by atoms with Crippen LogP contribution in [0.5, 0.6) is 0 Å². The molecular weight excluding hydrogens is 298 g/mol. The number of methoxy groups -OCH3 is 1. The van der Waals surface area contributed by atoms with Gasteiger partial charge in [0.25, 0.3) is 10.0 Å². The third-order valence-electron chi connectivity index (χ3n) is 2.33. The van der Waals surface area contributed by atoms with Crippen LogP contribution in [-0.4, -0.2) is 49.0 Å². The third kappa shape index (κ3) is 4.16. The Morgan fingerprint density at radius 3 is 2.74 bits per heavy atom. The topological polar surface area (TPSA) is 111 Å². The van der Waals surface area contributed by atoms with Gasteiger partial charge in [0, 0.05) is 20.7 Å². The molecule has 0 bridgehead atoms. The number of carboxylic acid groups (broad SMARTS) is 1. The van der Waals surface area contributed by atoms with Crippen molar-refractivity contribution in [2.24, 2.45) is 7.05 Å². The second-order valence-corrected chi connectivity index (χ2v) is 5.82. The van der Waals surface area contributed by atoms with Gasteiger partial charge in [-0.15, -0.1) is 0 Å². The average molecular weight is 312 g/mol. The Hall–Kier alpha value is -1.16. The predicted molar refractivity (Wildman–Crippen MR) is 66.5 cm³/mol. The van der Waals surface area contributed by atoms with E-state index in [1.807, 2.05) is 0 Å². The molecule has 1 rings (SSSR count). The fourth-order valence-electron chi connectivity index (χ4n) is 1.41. The minimum atomic E-state index is -3.87. The van der Waals surface area contributed by atoms with Crippen molar-refractivity contribution in [1.82, 2.24) is 14.5 Å². The molecule has 0 fully saturated rings. The molecule has 0 saturated carbocycles. The zero-order valence-electron chi connectivity index (χ0n) is 10.3. The van der Waals surface area contributed by atoms with E-state index in [0.717, 1.165) is 4.68 Å². The number of ether oxygens (including phenoxy) is 1. The molecule has 19 heavy (non-hydrogen) atoms. The zero-order valence-corrected chi connectivity index (χ0v) is 11.9. The van der Waals surface area contributed by atoms with Crippen LogP contribution in [0.15, 0.2) is 11.2 Å². The fraction of sp³-hybridized carbons (Fsp3) is 0.556. The molecule has 1 unspecified atom stereocenters. The molecule has 0 radical (unpaired) electrons. The van der Waals surface area contributed by atoms with Gasteiger partial charge in [-0.3, -0.25) is 9.48 Å². The quantitative estimate of drug-likeness (QED) is 0.724. The summed E-state index contributed by atoms with van der Waals surface area (Å²) in [6, 6.07) is 0. The SMILES string of the molecule is COC(CNS(=O)(=O)c1c(Cl)cnn1C)CC(=O)O. The van der Waals surface area contributed by atoms with Crippen LogP contribution in [-0.2, 0) is 26.6 Å². The van der Waals surface area contributed by atoms with Crippen molar-refractivity contribution in [3.05, 3.63) is 11.2 Å². The summed E-state index contributed by atoms with van der Waals surface area (Å²) in [5.41, 5.74) is 0. The van der Waals surface area contributed by atoms with Crippen molar-refractivity contribution in [3.63, 3.8) is 0 Å². The van der Waals surface area contributed by atoms with E-state index in [0.29, 0.717) is 0 Å². The van der Waals surface area contributed by atoms with Crippen LogP contribution in [0.25, 0.3) is 0 Å². The third-order valence-corrected chi connectivity index (χ3v) is 4.26. The summed E-state index contributed by atoms with van der Waals surface area (Å²) in [5, 5.41) is 12.1. The Morgan fingerprint density at radius 1 is 1.68 bits per heavy atom. The number of aliphatic carboxylic acids is 1. The van der Waals surface area contributed by atoms with Crippen molar-refractivity contribution in [2.75, 3.05) is 13.7 Å². The standard InChI is InChI=1S/C9H14ClN3O5S/c1-13-9(7(10)5-11-13)19(16,17)12-4-6(18-2)3-8(14)15/h5-6,12H,3-4H2,1-2H3,(H,14,15). The van der Waals surface area contributed by atoms with E-state index >= 15 is 0 Å². The van der Waals surface area contributed by atoms with Gasteiger partial charge in [-0.2, -0.15) is 5.10 Å². The molecule has 108 valence electrons. The van der Waals surface area contributed by atoms with Crippen LogP contribution in [0.4, 0.5) is 0 Å².